The van der Waals surface area contributed by atoms with Crippen molar-refractivity contribution in [2.45, 2.75) is 51.6 Å². The average Bonchev–Trinajstić information content (AvgIpc) is 2.75. The molecule has 0 aromatic heterocycles. The molecule has 10 nitrogen and oxygen atoms in total. The molecule has 2 unspecified atom stereocenters. The maximum Gasteiger partial charge on any atom is 0.407 e. The summed E-state index contributed by atoms with van der Waals surface area (Å²) in [5.74, 6) is -2.14. The second-order valence-corrected chi connectivity index (χ2v) is 7.14. The van der Waals surface area contributed by atoms with Gasteiger partial charge in [-0.05, 0) is 18.8 Å². The van der Waals surface area contributed by atoms with E-state index in [2.05, 4.69) is 16.0 Å². The van der Waals surface area contributed by atoms with Crippen LogP contribution >= 0.6 is 0 Å². The van der Waals surface area contributed by atoms with Gasteiger partial charge in [0.05, 0.1) is 25.9 Å². The molecule has 0 bridgehead atoms. The Kier molecular flexibility index (Phi) is 11.9. The quantitative estimate of drug-likeness (QED) is 0.342. The first-order valence-corrected chi connectivity index (χ1v) is 9.99. The summed E-state index contributed by atoms with van der Waals surface area (Å²) < 4.78 is 15.0. The number of rotatable bonds is 10. The minimum absolute atomic E-state index is 0.0310. The summed E-state index contributed by atoms with van der Waals surface area (Å²) in [5.41, 5.74) is 0. The summed E-state index contributed by atoms with van der Waals surface area (Å²) in [7, 11) is 1.56. The third-order valence-electron chi connectivity index (χ3n) is 4.43. The molecule has 1 heterocycles. The first-order chi connectivity index (χ1) is 13.9. The fourth-order valence-corrected chi connectivity index (χ4v) is 2.77. The third kappa shape index (κ3) is 9.71. The van der Waals surface area contributed by atoms with Crippen molar-refractivity contribution in [1.29, 1.82) is 0 Å². The lowest BCUT2D eigenvalue weighted by molar-refractivity contribution is -0.140. The van der Waals surface area contributed by atoms with Crippen molar-refractivity contribution >= 4 is 23.7 Å². The minimum atomic E-state index is -0.908. The minimum Gasteiger partial charge on any atom is -0.447 e. The normalized spacial score (nSPS) is 18.8. The molecule has 0 aromatic carbocycles. The standard InChI is InChI=1S/C19H33N3O7/c1-13(2)15(22-19(26)29-12-11-28-10-9-27-3)17(24)21-14-7-5-4-6-8-20-18(25)16(14)23/h13-15H,4-12H2,1-3H3,(H,20,25)(H,21,24)(H,22,26). The third-order valence-corrected chi connectivity index (χ3v) is 4.43. The number of Topliss-reactive ketones (excluding diaryl/α,β-unsaturated/α-hetero) is 1. The van der Waals surface area contributed by atoms with Crippen LogP contribution in [0.2, 0.25) is 0 Å². The zero-order chi connectivity index (χ0) is 21.6. The number of hydrogen-bond donors (Lipinski definition) is 3. The van der Waals surface area contributed by atoms with E-state index in [1.807, 2.05) is 0 Å². The van der Waals surface area contributed by atoms with Gasteiger partial charge in [0, 0.05) is 13.7 Å². The first kappa shape index (κ1) is 24.8. The Labute approximate surface area is 171 Å². The topological polar surface area (TPSA) is 132 Å². The highest BCUT2D eigenvalue weighted by atomic mass is 16.6. The molecule has 166 valence electrons. The number of nitrogens with one attached hydrogen (secondary N) is 3. The Morgan fingerprint density at radius 2 is 1.83 bits per heavy atom. The monoisotopic (exact) mass is 415 g/mol. The van der Waals surface area contributed by atoms with Gasteiger partial charge in [-0.15, -0.1) is 0 Å². The van der Waals surface area contributed by atoms with E-state index in [0.717, 1.165) is 19.3 Å². The van der Waals surface area contributed by atoms with Crippen molar-refractivity contribution in [2.24, 2.45) is 5.92 Å². The van der Waals surface area contributed by atoms with E-state index in [0.29, 0.717) is 26.2 Å². The van der Waals surface area contributed by atoms with Gasteiger partial charge in [0.2, 0.25) is 11.7 Å². The van der Waals surface area contributed by atoms with Crippen LogP contribution in [0.3, 0.4) is 0 Å². The number of methoxy groups -OCH3 is 1. The molecule has 0 spiro atoms. The summed E-state index contributed by atoms with van der Waals surface area (Å²) in [5, 5.41) is 7.68. The first-order valence-electron chi connectivity index (χ1n) is 9.99. The predicted molar refractivity (Wildman–Crippen MR) is 104 cm³/mol. The molecular weight excluding hydrogens is 382 g/mol. The molecule has 3 amide bonds. The predicted octanol–water partition coefficient (Wildman–Crippen LogP) is 0.144. The molecule has 3 N–H and O–H groups in total. The van der Waals surface area contributed by atoms with Gasteiger partial charge in [0.15, 0.2) is 0 Å². The molecule has 2 atom stereocenters. The van der Waals surface area contributed by atoms with Crippen LogP contribution in [0.4, 0.5) is 4.79 Å². The average molecular weight is 415 g/mol. The van der Waals surface area contributed by atoms with Gasteiger partial charge >= 0.3 is 6.09 Å². The molecule has 10 heteroatoms. The van der Waals surface area contributed by atoms with Crippen LogP contribution in [-0.4, -0.2) is 75.9 Å². The van der Waals surface area contributed by atoms with Gasteiger partial charge in [-0.2, -0.15) is 0 Å². The Morgan fingerprint density at radius 3 is 2.52 bits per heavy atom. The maximum atomic E-state index is 12.7. The summed E-state index contributed by atoms with van der Waals surface area (Å²) in [4.78, 5) is 48.8. The van der Waals surface area contributed by atoms with Gasteiger partial charge in [-0.3, -0.25) is 14.4 Å². The van der Waals surface area contributed by atoms with Crippen molar-refractivity contribution < 1.29 is 33.4 Å². The Morgan fingerprint density at radius 1 is 1.10 bits per heavy atom. The fourth-order valence-electron chi connectivity index (χ4n) is 2.77. The molecule has 1 aliphatic rings. The lowest BCUT2D eigenvalue weighted by atomic mass is 10.0. The van der Waals surface area contributed by atoms with Crippen molar-refractivity contribution in [1.82, 2.24) is 16.0 Å². The van der Waals surface area contributed by atoms with E-state index in [9.17, 15) is 19.2 Å². The molecule has 29 heavy (non-hydrogen) atoms. The molecule has 1 aliphatic heterocycles. The van der Waals surface area contributed by atoms with Gasteiger partial charge in [-0.1, -0.05) is 26.7 Å². The molecule has 0 aromatic rings. The Balaban J connectivity index is 2.56. The number of alkyl carbamates (subject to hydrolysis) is 1. The number of carbonyl (C=O) groups is 4. The van der Waals surface area contributed by atoms with Crippen molar-refractivity contribution in [3.8, 4) is 0 Å². The number of amides is 3. The Hall–Kier alpha value is -2.20. The van der Waals surface area contributed by atoms with Crippen LogP contribution in [0.15, 0.2) is 0 Å². The smallest absolute Gasteiger partial charge is 0.407 e. The van der Waals surface area contributed by atoms with Gasteiger partial charge < -0.3 is 30.2 Å². The molecule has 1 rings (SSSR count). The van der Waals surface area contributed by atoms with E-state index in [4.69, 9.17) is 14.2 Å². The van der Waals surface area contributed by atoms with Crippen molar-refractivity contribution in [3.63, 3.8) is 0 Å². The van der Waals surface area contributed by atoms with E-state index in [1.165, 1.54) is 0 Å². The number of hydrogen-bond acceptors (Lipinski definition) is 7. The maximum absolute atomic E-state index is 12.7. The van der Waals surface area contributed by atoms with Crippen molar-refractivity contribution in [3.05, 3.63) is 0 Å². The lowest BCUT2D eigenvalue weighted by Gasteiger charge is -2.24. The van der Waals surface area contributed by atoms with Gasteiger partial charge in [0.25, 0.3) is 5.91 Å². The zero-order valence-electron chi connectivity index (χ0n) is 17.5. The SMILES string of the molecule is COCCOCCOC(=O)NC(C(=O)NC1CCCCCNC(=O)C1=O)C(C)C. The molecule has 1 fully saturated rings. The van der Waals surface area contributed by atoms with E-state index < -0.39 is 35.8 Å². The second-order valence-electron chi connectivity index (χ2n) is 7.14. The summed E-state index contributed by atoms with van der Waals surface area (Å²) in [6.45, 7) is 5.04. The van der Waals surface area contributed by atoms with Crippen LogP contribution in [0.1, 0.15) is 39.5 Å². The zero-order valence-corrected chi connectivity index (χ0v) is 17.5. The number of ether oxygens (including phenoxy) is 3. The van der Waals surface area contributed by atoms with Crippen LogP contribution < -0.4 is 16.0 Å². The van der Waals surface area contributed by atoms with Gasteiger partial charge in [-0.25, -0.2) is 4.79 Å². The fraction of sp³-hybridized carbons (Fsp3) is 0.789. The number of ketones is 1. The molecular formula is C19H33N3O7. The van der Waals surface area contributed by atoms with Crippen LogP contribution in [0.5, 0.6) is 0 Å². The highest BCUT2D eigenvalue weighted by molar-refractivity contribution is 6.38. The molecule has 0 saturated carbocycles. The van der Waals surface area contributed by atoms with E-state index in [1.54, 1.807) is 21.0 Å². The van der Waals surface area contributed by atoms with Crippen LogP contribution in [-0.2, 0) is 28.6 Å². The summed E-state index contributed by atoms with van der Waals surface area (Å²) in [6.07, 6.45) is 1.98. The highest BCUT2D eigenvalue weighted by Crippen LogP contribution is 2.09. The van der Waals surface area contributed by atoms with Crippen molar-refractivity contribution in [2.75, 3.05) is 40.1 Å². The largest absolute Gasteiger partial charge is 0.447 e. The molecule has 1 saturated heterocycles. The molecule has 0 aliphatic carbocycles. The van der Waals surface area contributed by atoms with E-state index in [-0.39, 0.29) is 19.1 Å². The Bertz CT molecular complexity index is 554. The number of carbonyl (C=O) groups excluding carboxylic acids is 4. The highest BCUT2D eigenvalue weighted by Gasteiger charge is 2.31. The lowest BCUT2D eigenvalue weighted by Crippen LogP contribution is -2.55. The summed E-state index contributed by atoms with van der Waals surface area (Å²) in [6, 6.07) is -1.81. The van der Waals surface area contributed by atoms with E-state index >= 15 is 0 Å². The summed E-state index contributed by atoms with van der Waals surface area (Å²) >= 11 is 0. The van der Waals surface area contributed by atoms with Crippen LogP contribution in [0, 0.1) is 5.92 Å². The molecule has 0 radical (unpaired) electrons. The van der Waals surface area contributed by atoms with Crippen LogP contribution in [0.25, 0.3) is 0 Å². The second kappa shape index (κ2) is 13.9. The van der Waals surface area contributed by atoms with Gasteiger partial charge in [0.1, 0.15) is 12.6 Å².